The van der Waals surface area contributed by atoms with E-state index in [4.69, 9.17) is 11.6 Å². The third-order valence-electron chi connectivity index (χ3n) is 3.46. The number of sulfone groups is 1. The van der Waals surface area contributed by atoms with Crippen LogP contribution in [0.2, 0.25) is 5.02 Å². The molecule has 0 amide bonds. The largest absolute Gasteiger partial charge is 0.244 e. The summed E-state index contributed by atoms with van der Waals surface area (Å²) in [5.74, 6) is 0.671. The minimum atomic E-state index is -2.88. The van der Waals surface area contributed by atoms with E-state index in [0.717, 1.165) is 23.9 Å². The van der Waals surface area contributed by atoms with E-state index in [9.17, 15) is 8.42 Å². The molecule has 0 saturated carbocycles. The first kappa shape index (κ1) is 12.9. The van der Waals surface area contributed by atoms with Crippen LogP contribution in [-0.4, -0.2) is 34.9 Å². The average Bonchev–Trinajstić information content (AvgIpc) is 2.71. The molecule has 0 radical (unpaired) electrons. The van der Waals surface area contributed by atoms with Crippen molar-refractivity contribution in [3.63, 3.8) is 0 Å². The summed E-state index contributed by atoms with van der Waals surface area (Å²) in [6.07, 6.45) is 1.65. The van der Waals surface area contributed by atoms with Crippen LogP contribution >= 0.6 is 11.6 Å². The number of hydrogen-bond acceptors (Lipinski definition) is 4. The van der Waals surface area contributed by atoms with Crippen molar-refractivity contribution in [3.8, 4) is 0 Å². The van der Waals surface area contributed by atoms with Crippen molar-refractivity contribution in [2.24, 2.45) is 5.92 Å². The Bertz CT molecular complexity index is 711. The van der Waals surface area contributed by atoms with Crippen LogP contribution in [0.15, 0.2) is 18.2 Å². The van der Waals surface area contributed by atoms with Gasteiger partial charge in [-0.15, -0.1) is 5.10 Å². The monoisotopic (exact) mass is 299 g/mol. The molecule has 102 valence electrons. The molecule has 5 nitrogen and oxygen atoms in total. The Hall–Kier alpha value is -1.14. The summed E-state index contributed by atoms with van der Waals surface area (Å²) in [6.45, 7) is 0.579. The first-order chi connectivity index (χ1) is 9.03. The molecule has 1 aliphatic rings. The molecule has 1 unspecified atom stereocenters. The number of halogens is 1. The molecule has 19 heavy (non-hydrogen) atoms. The van der Waals surface area contributed by atoms with E-state index < -0.39 is 9.84 Å². The molecule has 1 aliphatic heterocycles. The number of nitrogens with zero attached hydrogens (tertiary/aromatic N) is 3. The summed E-state index contributed by atoms with van der Waals surface area (Å²) in [4.78, 5) is 0. The Morgan fingerprint density at radius 2 is 2.26 bits per heavy atom. The van der Waals surface area contributed by atoms with Gasteiger partial charge < -0.3 is 0 Å². The van der Waals surface area contributed by atoms with Crippen molar-refractivity contribution in [1.82, 2.24) is 15.0 Å². The molecular weight excluding hydrogens is 286 g/mol. The fraction of sp³-hybridized carbons (Fsp3) is 0.500. The van der Waals surface area contributed by atoms with Gasteiger partial charge in [0.2, 0.25) is 0 Å². The highest BCUT2D eigenvalue weighted by atomic mass is 35.5. The average molecular weight is 300 g/mol. The van der Waals surface area contributed by atoms with E-state index in [1.165, 1.54) is 0 Å². The lowest BCUT2D eigenvalue weighted by Gasteiger charge is -2.21. The van der Waals surface area contributed by atoms with Crippen LogP contribution in [0.5, 0.6) is 0 Å². The molecule has 0 N–H and O–H groups in total. The molecule has 1 fully saturated rings. The summed E-state index contributed by atoms with van der Waals surface area (Å²) in [6, 6.07) is 5.40. The molecule has 2 heterocycles. The second-order valence-corrected chi connectivity index (χ2v) is 7.69. The van der Waals surface area contributed by atoms with Gasteiger partial charge in [-0.05, 0) is 37.0 Å². The van der Waals surface area contributed by atoms with Crippen molar-refractivity contribution < 1.29 is 8.42 Å². The normalized spacial score (nSPS) is 22.7. The van der Waals surface area contributed by atoms with Gasteiger partial charge in [-0.1, -0.05) is 16.8 Å². The number of rotatable bonds is 2. The van der Waals surface area contributed by atoms with Crippen LogP contribution in [-0.2, 0) is 16.4 Å². The molecule has 1 aromatic carbocycles. The van der Waals surface area contributed by atoms with Crippen LogP contribution in [0, 0.1) is 5.92 Å². The van der Waals surface area contributed by atoms with Crippen LogP contribution in [0.1, 0.15) is 12.8 Å². The lowest BCUT2D eigenvalue weighted by atomic mass is 10.1. The summed E-state index contributed by atoms with van der Waals surface area (Å²) in [5.41, 5.74) is 1.64. The fourth-order valence-corrected chi connectivity index (χ4v) is 4.51. The zero-order chi connectivity index (χ0) is 13.5. The molecule has 1 atom stereocenters. The molecule has 0 aliphatic carbocycles. The van der Waals surface area contributed by atoms with Crippen LogP contribution in [0.3, 0.4) is 0 Å². The van der Waals surface area contributed by atoms with Gasteiger partial charge in [-0.3, -0.25) is 0 Å². The van der Waals surface area contributed by atoms with Gasteiger partial charge in [0.05, 0.1) is 17.0 Å². The maximum atomic E-state index is 11.6. The number of benzene rings is 1. The molecule has 2 aromatic rings. The van der Waals surface area contributed by atoms with E-state index in [-0.39, 0.29) is 11.7 Å². The van der Waals surface area contributed by atoms with Gasteiger partial charge in [0.15, 0.2) is 9.84 Å². The Morgan fingerprint density at radius 3 is 3.05 bits per heavy atom. The van der Waals surface area contributed by atoms with Gasteiger partial charge >= 0.3 is 0 Å². The Labute approximate surface area is 116 Å². The molecule has 3 rings (SSSR count). The third kappa shape index (κ3) is 2.74. The summed E-state index contributed by atoms with van der Waals surface area (Å²) < 4.78 is 25.0. The zero-order valence-electron chi connectivity index (χ0n) is 10.3. The SMILES string of the molecule is O=S1(=O)CCCC(Cn2nnc3ccc(Cl)cc32)C1. The fourth-order valence-electron chi connectivity index (χ4n) is 2.58. The Morgan fingerprint density at radius 1 is 1.42 bits per heavy atom. The van der Waals surface area contributed by atoms with E-state index >= 15 is 0 Å². The zero-order valence-corrected chi connectivity index (χ0v) is 11.9. The molecule has 0 spiro atoms. The predicted octanol–water partition coefficient (Wildman–Crippen LogP) is 1.91. The van der Waals surface area contributed by atoms with Crippen LogP contribution in [0.4, 0.5) is 0 Å². The van der Waals surface area contributed by atoms with Gasteiger partial charge in [0.25, 0.3) is 0 Å². The summed E-state index contributed by atoms with van der Waals surface area (Å²) >= 11 is 5.97. The summed E-state index contributed by atoms with van der Waals surface area (Å²) in [7, 11) is -2.88. The molecule has 1 saturated heterocycles. The maximum absolute atomic E-state index is 11.6. The van der Waals surface area contributed by atoms with Crippen molar-refractivity contribution in [2.75, 3.05) is 11.5 Å². The number of hydrogen-bond donors (Lipinski definition) is 0. The quantitative estimate of drug-likeness (QED) is 0.849. The second kappa shape index (κ2) is 4.76. The summed E-state index contributed by atoms with van der Waals surface area (Å²) in [5, 5.41) is 8.79. The van der Waals surface area contributed by atoms with Crippen molar-refractivity contribution in [1.29, 1.82) is 0 Å². The topological polar surface area (TPSA) is 64.8 Å². The van der Waals surface area contributed by atoms with E-state index in [2.05, 4.69) is 10.3 Å². The highest BCUT2D eigenvalue weighted by Gasteiger charge is 2.25. The first-order valence-electron chi connectivity index (χ1n) is 6.23. The molecular formula is C12H14ClN3O2S. The van der Waals surface area contributed by atoms with Crippen LogP contribution in [0.25, 0.3) is 11.0 Å². The van der Waals surface area contributed by atoms with Gasteiger partial charge in [-0.25, -0.2) is 13.1 Å². The van der Waals surface area contributed by atoms with Crippen molar-refractivity contribution >= 4 is 32.5 Å². The second-order valence-electron chi connectivity index (χ2n) is 5.03. The lowest BCUT2D eigenvalue weighted by Crippen LogP contribution is -2.28. The maximum Gasteiger partial charge on any atom is 0.150 e. The van der Waals surface area contributed by atoms with Gasteiger partial charge in [-0.2, -0.15) is 0 Å². The Balaban J connectivity index is 1.87. The van der Waals surface area contributed by atoms with Gasteiger partial charge in [0.1, 0.15) is 5.52 Å². The molecule has 1 aromatic heterocycles. The smallest absolute Gasteiger partial charge is 0.150 e. The van der Waals surface area contributed by atoms with Gasteiger partial charge in [0, 0.05) is 11.6 Å². The first-order valence-corrected chi connectivity index (χ1v) is 8.43. The van der Waals surface area contributed by atoms with E-state index in [0.29, 0.717) is 17.3 Å². The number of fused-ring (bicyclic) bond motifs is 1. The number of aromatic nitrogens is 3. The highest BCUT2D eigenvalue weighted by molar-refractivity contribution is 7.91. The van der Waals surface area contributed by atoms with Crippen molar-refractivity contribution in [3.05, 3.63) is 23.2 Å². The minimum absolute atomic E-state index is 0.114. The van der Waals surface area contributed by atoms with E-state index in [1.54, 1.807) is 10.7 Å². The Kier molecular flexibility index (Phi) is 3.22. The van der Waals surface area contributed by atoms with E-state index in [1.807, 2.05) is 12.1 Å². The van der Waals surface area contributed by atoms with Crippen molar-refractivity contribution in [2.45, 2.75) is 19.4 Å². The molecule has 7 heteroatoms. The minimum Gasteiger partial charge on any atom is -0.244 e. The highest BCUT2D eigenvalue weighted by Crippen LogP contribution is 2.22. The lowest BCUT2D eigenvalue weighted by molar-refractivity contribution is 0.407. The third-order valence-corrected chi connectivity index (χ3v) is 5.59. The standard InChI is InChI=1S/C12H14ClN3O2S/c13-10-3-4-11-12(6-10)16(15-14-11)7-9-2-1-5-19(17,18)8-9/h3-4,6,9H,1-2,5,7-8H2. The van der Waals surface area contributed by atoms with Crippen LogP contribution < -0.4 is 0 Å². The molecule has 0 bridgehead atoms. The predicted molar refractivity (Wildman–Crippen MR) is 73.9 cm³/mol.